The quantitative estimate of drug-likeness (QED) is 0.402. The topological polar surface area (TPSA) is 101 Å². The van der Waals surface area contributed by atoms with Crippen molar-refractivity contribution in [1.82, 2.24) is 0 Å². The molecule has 1 heterocycles. The first-order chi connectivity index (χ1) is 13.4. The third-order valence-corrected chi connectivity index (χ3v) is 4.88. The van der Waals surface area contributed by atoms with E-state index in [4.69, 9.17) is 11.6 Å². The van der Waals surface area contributed by atoms with Gasteiger partial charge in [0.15, 0.2) is 0 Å². The molecule has 28 heavy (non-hydrogen) atoms. The summed E-state index contributed by atoms with van der Waals surface area (Å²) in [6, 6.07) is 15.6. The van der Waals surface area contributed by atoms with Gasteiger partial charge in [0.1, 0.15) is 10.8 Å². The van der Waals surface area contributed by atoms with E-state index in [1.165, 1.54) is 6.07 Å². The number of carbonyl (C=O) groups excluding carboxylic acids is 2. The largest absolute Gasteiger partial charge is 0.508 e. The van der Waals surface area contributed by atoms with Crippen molar-refractivity contribution in [3.63, 3.8) is 0 Å². The molecule has 138 valence electrons. The number of hydrogen-bond acceptors (Lipinski definition) is 5. The normalized spacial score (nSPS) is 13.0. The predicted octanol–water partition coefficient (Wildman–Crippen LogP) is 4.42. The summed E-state index contributed by atoms with van der Waals surface area (Å²) in [6.07, 6.45) is 0. The minimum absolute atomic E-state index is 0.0308. The molecule has 1 aliphatic rings. The van der Waals surface area contributed by atoms with Gasteiger partial charge < -0.3 is 5.11 Å². The minimum atomic E-state index is -0.703. The molecule has 8 heteroatoms. The lowest BCUT2D eigenvalue weighted by molar-refractivity contribution is -0.384. The number of rotatable bonds is 3. The summed E-state index contributed by atoms with van der Waals surface area (Å²) in [5.41, 5.74) is 1.45. The highest BCUT2D eigenvalue weighted by Crippen LogP contribution is 2.38. The Hall–Kier alpha value is -3.71. The molecule has 0 unspecified atom stereocenters. The highest BCUT2D eigenvalue weighted by atomic mass is 35.5. The van der Waals surface area contributed by atoms with Gasteiger partial charge in [0.05, 0.1) is 21.7 Å². The van der Waals surface area contributed by atoms with Crippen LogP contribution in [0.1, 0.15) is 20.7 Å². The standard InChI is InChI=1S/C20H11ClN2O5/c21-18-16(23(27)28)10-9-15-17(18)20(26)22(19(15)25)13-5-1-11(2-6-13)12-3-7-14(24)8-4-12/h1-10,24H. The van der Waals surface area contributed by atoms with Gasteiger partial charge in [-0.25, -0.2) is 4.90 Å². The molecule has 3 aromatic rings. The van der Waals surface area contributed by atoms with Gasteiger partial charge in [-0.05, 0) is 41.5 Å². The van der Waals surface area contributed by atoms with Crippen LogP contribution in [-0.2, 0) is 0 Å². The van der Waals surface area contributed by atoms with Crippen LogP contribution in [0.25, 0.3) is 11.1 Å². The molecule has 3 aromatic carbocycles. The van der Waals surface area contributed by atoms with E-state index in [0.717, 1.165) is 22.1 Å². The maximum absolute atomic E-state index is 12.8. The van der Waals surface area contributed by atoms with Crippen LogP contribution in [0, 0.1) is 10.1 Å². The van der Waals surface area contributed by atoms with Crippen molar-refractivity contribution >= 4 is 34.8 Å². The number of carbonyl (C=O) groups is 2. The molecule has 0 atom stereocenters. The maximum atomic E-state index is 12.8. The lowest BCUT2D eigenvalue weighted by atomic mass is 10.1. The Morgan fingerprint density at radius 3 is 2.00 bits per heavy atom. The fourth-order valence-electron chi connectivity index (χ4n) is 3.11. The van der Waals surface area contributed by atoms with Crippen LogP contribution in [0.3, 0.4) is 0 Å². The number of phenols is 1. The molecule has 2 amide bonds. The van der Waals surface area contributed by atoms with E-state index in [0.29, 0.717) is 5.69 Å². The molecule has 0 saturated carbocycles. The van der Waals surface area contributed by atoms with E-state index in [9.17, 15) is 24.8 Å². The van der Waals surface area contributed by atoms with E-state index in [1.54, 1.807) is 48.5 Å². The molecule has 1 N–H and O–H groups in total. The monoisotopic (exact) mass is 394 g/mol. The number of benzene rings is 3. The highest BCUT2D eigenvalue weighted by Gasteiger charge is 2.40. The lowest BCUT2D eigenvalue weighted by Crippen LogP contribution is -2.29. The molecule has 0 aliphatic carbocycles. The Morgan fingerprint density at radius 2 is 1.43 bits per heavy atom. The van der Waals surface area contributed by atoms with E-state index in [1.807, 2.05) is 0 Å². The number of aromatic hydroxyl groups is 1. The van der Waals surface area contributed by atoms with Crippen molar-refractivity contribution in [3.05, 3.63) is 86.9 Å². The van der Waals surface area contributed by atoms with Crippen LogP contribution in [0.2, 0.25) is 5.02 Å². The Bertz CT molecular complexity index is 1140. The van der Waals surface area contributed by atoms with E-state index in [2.05, 4.69) is 0 Å². The van der Waals surface area contributed by atoms with Crippen molar-refractivity contribution in [2.45, 2.75) is 0 Å². The zero-order chi connectivity index (χ0) is 20.0. The molecule has 7 nitrogen and oxygen atoms in total. The third kappa shape index (κ3) is 2.69. The van der Waals surface area contributed by atoms with Crippen LogP contribution in [0.5, 0.6) is 5.75 Å². The summed E-state index contributed by atoms with van der Waals surface area (Å²) >= 11 is 6.02. The number of nitrogens with zero attached hydrogens (tertiary/aromatic N) is 2. The first-order valence-corrected chi connectivity index (χ1v) is 8.51. The number of fused-ring (bicyclic) bond motifs is 1. The molecule has 0 saturated heterocycles. The van der Waals surface area contributed by atoms with Gasteiger partial charge in [-0.1, -0.05) is 35.9 Å². The zero-order valence-corrected chi connectivity index (χ0v) is 14.9. The number of hydrogen-bond donors (Lipinski definition) is 1. The van der Waals surface area contributed by atoms with Crippen LogP contribution in [0.15, 0.2) is 60.7 Å². The van der Waals surface area contributed by atoms with Crippen LogP contribution >= 0.6 is 11.6 Å². The Kier molecular flexibility index (Phi) is 4.09. The Morgan fingerprint density at radius 1 is 0.857 bits per heavy atom. The molecule has 0 bridgehead atoms. The number of phenolic OH excluding ortho intramolecular Hbond substituents is 1. The van der Waals surface area contributed by atoms with Gasteiger partial charge in [0, 0.05) is 6.07 Å². The number of halogens is 1. The summed E-state index contributed by atoms with van der Waals surface area (Å²) in [5, 5.41) is 20.1. The van der Waals surface area contributed by atoms with Crippen molar-refractivity contribution < 1.29 is 19.6 Å². The number of imide groups is 1. The average molecular weight is 395 g/mol. The number of amides is 2. The van der Waals surface area contributed by atoms with Crippen LogP contribution in [-0.4, -0.2) is 21.8 Å². The van der Waals surface area contributed by atoms with Crippen molar-refractivity contribution in [3.8, 4) is 16.9 Å². The first kappa shape index (κ1) is 17.7. The van der Waals surface area contributed by atoms with Gasteiger partial charge in [-0.3, -0.25) is 19.7 Å². The Labute approximate surface area is 163 Å². The summed E-state index contributed by atoms with van der Waals surface area (Å²) in [6.45, 7) is 0. The van der Waals surface area contributed by atoms with Gasteiger partial charge >= 0.3 is 0 Å². The van der Waals surface area contributed by atoms with E-state index < -0.39 is 22.4 Å². The van der Waals surface area contributed by atoms with Crippen molar-refractivity contribution in [2.24, 2.45) is 0 Å². The van der Waals surface area contributed by atoms with Crippen molar-refractivity contribution in [2.75, 3.05) is 4.90 Å². The summed E-state index contributed by atoms with van der Waals surface area (Å²) in [5.74, 6) is -1.14. The second-order valence-corrected chi connectivity index (χ2v) is 6.50. The second kappa shape index (κ2) is 6.47. The first-order valence-electron chi connectivity index (χ1n) is 8.13. The number of nitro groups is 1. The van der Waals surface area contributed by atoms with Gasteiger partial charge in [0.25, 0.3) is 17.5 Å². The van der Waals surface area contributed by atoms with E-state index >= 15 is 0 Å². The maximum Gasteiger partial charge on any atom is 0.288 e. The number of anilines is 1. The molecule has 0 aromatic heterocycles. The Balaban J connectivity index is 1.71. The fourth-order valence-corrected chi connectivity index (χ4v) is 3.42. The summed E-state index contributed by atoms with van der Waals surface area (Å²) in [4.78, 5) is 36.7. The van der Waals surface area contributed by atoms with Gasteiger partial charge in [0.2, 0.25) is 0 Å². The molecular formula is C20H11ClN2O5. The second-order valence-electron chi connectivity index (χ2n) is 6.12. The molecule has 0 radical (unpaired) electrons. The van der Waals surface area contributed by atoms with Gasteiger partial charge in [-0.2, -0.15) is 0 Å². The van der Waals surface area contributed by atoms with Crippen molar-refractivity contribution in [1.29, 1.82) is 0 Å². The van der Waals surface area contributed by atoms with E-state index in [-0.39, 0.29) is 21.9 Å². The molecule has 0 spiro atoms. The SMILES string of the molecule is O=C1c2ccc([N+](=O)[O-])c(Cl)c2C(=O)N1c1ccc(-c2ccc(O)cc2)cc1. The van der Waals surface area contributed by atoms with Gasteiger partial charge in [-0.15, -0.1) is 0 Å². The smallest absolute Gasteiger partial charge is 0.288 e. The number of nitro benzene ring substituents is 1. The zero-order valence-electron chi connectivity index (χ0n) is 14.1. The van der Waals surface area contributed by atoms with Crippen LogP contribution in [0.4, 0.5) is 11.4 Å². The fraction of sp³-hybridized carbons (Fsp3) is 0. The summed E-state index contributed by atoms with van der Waals surface area (Å²) < 4.78 is 0. The predicted molar refractivity (Wildman–Crippen MR) is 103 cm³/mol. The molecule has 1 aliphatic heterocycles. The highest BCUT2D eigenvalue weighted by molar-refractivity contribution is 6.43. The molecular weight excluding hydrogens is 384 g/mol. The summed E-state index contributed by atoms with van der Waals surface area (Å²) in [7, 11) is 0. The molecule has 4 rings (SSSR count). The average Bonchev–Trinajstić information content (AvgIpc) is 2.94. The van der Waals surface area contributed by atoms with Crippen LogP contribution < -0.4 is 4.90 Å². The molecule has 0 fully saturated rings. The lowest BCUT2D eigenvalue weighted by Gasteiger charge is -2.14. The third-order valence-electron chi connectivity index (χ3n) is 4.49. The minimum Gasteiger partial charge on any atom is -0.508 e.